The van der Waals surface area contributed by atoms with Crippen molar-refractivity contribution < 1.29 is 14.7 Å². The molecule has 8 heteroatoms. The Kier molecular flexibility index (Phi) is 8.60. The third-order valence-electron chi connectivity index (χ3n) is 5.07. The lowest BCUT2D eigenvalue weighted by Gasteiger charge is -2.31. The molecule has 2 aromatic carbocycles. The van der Waals surface area contributed by atoms with Crippen molar-refractivity contribution in [3.63, 3.8) is 0 Å². The molecular formula is C25H31N5O3. The van der Waals surface area contributed by atoms with Gasteiger partial charge in [-0.3, -0.25) is 15.0 Å². The Morgan fingerprint density at radius 1 is 1.15 bits per heavy atom. The number of aryl methyl sites for hydroxylation is 2. The van der Waals surface area contributed by atoms with Gasteiger partial charge >= 0.3 is 5.97 Å². The number of carbonyl (C=O) groups excluding carboxylic acids is 1. The molecule has 0 fully saturated rings. The average Bonchev–Trinajstić information content (AvgIpc) is 2.73. The van der Waals surface area contributed by atoms with E-state index in [1.165, 1.54) is 0 Å². The van der Waals surface area contributed by atoms with Crippen LogP contribution in [-0.2, 0) is 9.59 Å². The summed E-state index contributed by atoms with van der Waals surface area (Å²) in [6.45, 7) is 7.96. The number of rotatable bonds is 8. The van der Waals surface area contributed by atoms with Gasteiger partial charge in [0, 0.05) is 28.5 Å². The number of nitrogens with zero attached hydrogens (tertiary/aromatic N) is 1. The fraction of sp³-hybridized carbons (Fsp3) is 0.320. The zero-order valence-electron chi connectivity index (χ0n) is 19.4. The molecule has 0 saturated carbocycles. The van der Waals surface area contributed by atoms with E-state index in [4.69, 9.17) is 22.0 Å². The van der Waals surface area contributed by atoms with Crippen LogP contribution in [0.15, 0.2) is 36.4 Å². The van der Waals surface area contributed by atoms with Crippen LogP contribution < -0.4 is 21.7 Å². The van der Waals surface area contributed by atoms with Gasteiger partial charge in [0.25, 0.3) is 0 Å². The van der Waals surface area contributed by atoms with E-state index in [9.17, 15) is 9.59 Å². The van der Waals surface area contributed by atoms with Crippen LogP contribution in [0, 0.1) is 31.1 Å². The normalized spacial score (nSPS) is 11.3. The molecule has 174 valence electrons. The van der Waals surface area contributed by atoms with Gasteiger partial charge in [0.15, 0.2) is 0 Å². The molecule has 2 rings (SSSR count). The van der Waals surface area contributed by atoms with Crippen molar-refractivity contribution in [2.24, 2.45) is 11.5 Å². The average molecular weight is 450 g/mol. The van der Waals surface area contributed by atoms with Crippen LogP contribution in [0.2, 0.25) is 0 Å². The molecule has 7 N–H and O–H groups in total. The lowest BCUT2D eigenvalue weighted by atomic mass is 10.0. The molecule has 0 radical (unpaired) electrons. The number of nitrogen functional groups attached to an aromatic ring is 1. The van der Waals surface area contributed by atoms with Gasteiger partial charge in [-0.25, -0.2) is 0 Å². The van der Waals surface area contributed by atoms with Gasteiger partial charge in [-0.15, -0.1) is 0 Å². The molecule has 1 atom stereocenters. The molecule has 0 aliphatic rings. The minimum Gasteiger partial charge on any atom is -0.481 e. The van der Waals surface area contributed by atoms with Crippen LogP contribution in [0.4, 0.5) is 11.4 Å². The third kappa shape index (κ3) is 6.82. The molecule has 1 unspecified atom stereocenters. The zero-order chi connectivity index (χ0) is 24.7. The molecule has 33 heavy (non-hydrogen) atoms. The quantitative estimate of drug-likeness (QED) is 0.238. The monoisotopic (exact) mass is 449 g/mol. The van der Waals surface area contributed by atoms with Crippen LogP contribution in [0.5, 0.6) is 0 Å². The molecule has 0 heterocycles. The second kappa shape index (κ2) is 11.2. The first kappa shape index (κ1) is 25.4. The predicted molar refractivity (Wildman–Crippen MR) is 132 cm³/mol. The van der Waals surface area contributed by atoms with Gasteiger partial charge in [-0.05, 0) is 75.2 Å². The van der Waals surface area contributed by atoms with Crippen LogP contribution in [0.1, 0.15) is 42.5 Å². The molecule has 0 saturated heterocycles. The molecule has 0 aliphatic heterocycles. The number of carbonyl (C=O) groups is 2. The fourth-order valence-electron chi connectivity index (χ4n) is 3.35. The summed E-state index contributed by atoms with van der Waals surface area (Å²) in [6.07, 6.45) is -0.422. The second-order valence-corrected chi connectivity index (χ2v) is 8.11. The summed E-state index contributed by atoms with van der Waals surface area (Å²) in [7, 11) is 0. The Hall–Kier alpha value is -3.83. The van der Waals surface area contributed by atoms with E-state index in [-0.39, 0.29) is 11.9 Å². The number of carboxylic acid groups (broad SMARTS) is 1. The van der Waals surface area contributed by atoms with E-state index in [1.54, 1.807) is 17.0 Å². The summed E-state index contributed by atoms with van der Waals surface area (Å²) >= 11 is 0. The SMILES string of the molecule is Cc1cc(N(C(=O)C(N)CC(=O)O)C(C)C)c(C)cc1C#CCNc1ccc(C(=N)N)cc1. The highest BCUT2D eigenvalue weighted by molar-refractivity contribution is 6.00. The molecular weight excluding hydrogens is 418 g/mol. The molecule has 1 amide bonds. The van der Waals surface area contributed by atoms with Crippen molar-refractivity contribution in [1.82, 2.24) is 0 Å². The number of nitrogens with two attached hydrogens (primary N) is 2. The van der Waals surface area contributed by atoms with Gasteiger partial charge in [-0.1, -0.05) is 11.8 Å². The van der Waals surface area contributed by atoms with E-state index in [1.807, 2.05) is 52.0 Å². The maximum absolute atomic E-state index is 12.9. The van der Waals surface area contributed by atoms with E-state index >= 15 is 0 Å². The van der Waals surface area contributed by atoms with Crippen LogP contribution in [0.3, 0.4) is 0 Å². The van der Waals surface area contributed by atoms with E-state index in [0.29, 0.717) is 17.8 Å². The molecule has 0 aromatic heterocycles. The van der Waals surface area contributed by atoms with Gasteiger partial charge in [0.2, 0.25) is 5.91 Å². The van der Waals surface area contributed by atoms with Gasteiger partial charge in [-0.2, -0.15) is 0 Å². The van der Waals surface area contributed by atoms with Crippen LogP contribution >= 0.6 is 0 Å². The molecule has 0 bridgehead atoms. The smallest absolute Gasteiger partial charge is 0.305 e. The predicted octanol–water partition coefficient (Wildman–Crippen LogP) is 2.59. The Morgan fingerprint density at radius 2 is 1.79 bits per heavy atom. The standard InChI is InChI=1S/C25H31N5O3/c1-15(2)30(25(33)21(26)14-23(31)32)22-13-16(3)19(12-17(22)4)6-5-11-29-20-9-7-18(8-10-20)24(27)28/h7-10,12-13,15,21,29H,11,14,26H2,1-4H3,(H3,27,28)(H,31,32). The molecule has 0 spiro atoms. The Balaban J connectivity index is 2.18. The highest BCUT2D eigenvalue weighted by Crippen LogP contribution is 2.27. The van der Waals surface area contributed by atoms with Gasteiger partial charge < -0.3 is 26.8 Å². The summed E-state index contributed by atoms with van der Waals surface area (Å²) < 4.78 is 0. The number of anilines is 2. The maximum atomic E-state index is 12.9. The lowest BCUT2D eigenvalue weighted by Crippen LogP contribution is -2.48. The number of benzene rings is 2. The zero-order valence-corrected chi connectivity index (χ0v) is 19.4. The molecule has 2 aromatic rings. The van der Waals surface area contributed by atoms with Crippen LogP contribution in [-0.4, -0.2) is 41.4 Å². The number of carboxylic acids is 1. The third-order valence-corrected chi connectivity index (χ3v) is 5.07. The topological polar surface area (TPSA) is 146 Å². The highest BCUT2D eigenvalue weighted by Gasteiger charge is 2.27. The lowest BCUT2D eigenvalue weighted by molar-refractivity contribution is -0.139. The van der Waals surface area contributed by atoms with Crippen molar-refractivity contribution >= 4 is 29.1 Å². The summed E-state index contributed by atoms with van der Waals surface area (Å²) in [5.41, 5.74) is 16.1. The fourth-order valence-corrected chi connectivity index (χ4v) is 3.35. The van der Waals surface area contributed by atoms with Gasteiger partial charge in [0.1, 0.15) is 5.84 Å². The van der Waals surface area contributed by atoms with Crippen molar-refractivity contribution in [2.75, 3.05) is 16.8 Å². The minimum absolute atomic E-state index is 0.0252. The second-order valence-electron chi connectivity index (χ2n) is 8.11. The summed E-state index contributed by atoms with van der Waals surface area (Å²) in [5, 5.41) is 19.6. The first-order valence-electron chi connectivity index (χ1n) is 10.6. The highest BCUT2D eigenvalue weighted by atomic mass is 16.4. The number of amides is 1. The van der Waals surface area contributed by atoms with E-state index in [2.05, 4.69) is 17.2 Å². The Bertz CT molecular complexity index is 1100. The Morgan fingerprint density at radius 3 is 2.33 bits per heavy atom. The summed E-state index contributed by atoms with van der Waals surface area (Å²) in [4.78, 5) is 25.4. The number of hydrogen-bond donors (Lipinski definition) is 5. The summed E-state index contributed by atoms with van der Waals surface area (Å²) in [6, 6.07) is 9.74. The van der Waals surface area contributed by atoms with E-state index in [0.717, 1.165) is 22.4 Å². The number of amidine groups is 1. The first-order valence-corrected chi connectivity index (χ1v) is 10.6. The maximum Gasteiger partial charge on any atom is 0.305 e. The number of hydrogen-bond acceptors (Lipinski definition) is 5. The molecule has 0 aliphatic carbocycles. The minimum atomic E-state index is -1.11. The van der Waals surface area contributed by atoms with E-state index < -0.39 is 24.3 Å². The van der Waals surface area contributed by atoms with Crippen molar-refractivity contribution in [1.29, 1.82) is 5.41 Å². The first-order chi connectivity index (χ1) is 15.5. The van der Waals surface area contributed by atoms with Crippen molar-refractivity contribution in [3.05, 3.63) is 58.7 Å². The Labute approximate surface area is 194 Å². The number of aliphatic carboxylic acids is 1. The molecule has 8 nitrogen and oxygen atoms in total. The van der Waals surface area contributed by atoms with Crippen molar-refractivity contribution in [2.45, 2.75) is 46.2 Å². The van der Waals surface area contributed by atoms with Crippen molar-refractivity contribution in [3.8, 4) is 11.8 Å². The summed E-state index contributed by atoms with van der Waals surface area (Å²) in [5.74, 6) is 4.74. The van der Waals surface area contributed by atoms with Crippen LogP contribution in [0.25, 0.3) is 0 Å². The van der Waals surface area contributed by atoms with Gasteiger partial charge in [0.05, 0.1) is 19.0 Å². The largest absolute Gasteiger partial charge is 0.481 e. The number of nitrogens with one attached hydrogen (secondary N) is 2.